The first-order valence-corrected chi connectivity index (χ1v) is 11.1. The summed E-state index contributed by atoms with van der Waals surface area (Å²) in [5.74, 6) is -0.933. The number of ether oxygens (including phenoxy) is 1. The monoisotopic (exact) mass is 473 g/mol. The Hall–Kier alpha value is -4.24. The second-order valence-corrected chi connectivity index (χ2v) is 8.86. The third kappa shape index (κ3) is 4.33. The number of nitrogens with zero attached hydrogens (tertiary/aromatic N) is 3. The van der Waals surface area contributed by atoms with Crippen LogP contribution in [0.25, 0.3) is 16.8 Å². The fourth-order valence-corrected chi connectivity index (χ4v) is 3.86. The summed E-state index contributed by atoms with van der Waals surface area (Å²) >= 11 is 0. The van der Waals surface area contributed by atoms with Crippen molar-refractivity contribution >= 4 is 17.2 Å². The molecule has 1 aliphatic heterocycles. The number of hydrogen-bond donors (Lipinski definition) is 3. The first kappa shape index (κ1) is 22.5. The van der Waals surface area contributed by atoms with E-state index in [2.05, 4.69) is 20.6 Å². The molecule has 0 spiro atoms. The number of carbonyl (C=O) groups excluding carboxylic acids is 1. The number of aromatic nitrogens is 3. The average Bonchev–Trinajstić information content (AvgIpc) is 3.48. The number of halogens is 1. The molecule has 1 aromatic carbocycles. The van der Waals surface area contributed by atoms with Crippen molar-refractivity contribution in [2.75, 3.05) is 5.32 Å². The van der Waals surface area contributed by atoms with E-state index in [1.54, 1.807) is 37.6 Å². The Morgan fingerprint density at radius 3 is 2.74 bits per heavy atom. The quantitative estimate of drug-likeness (QED) is 0.402. The predicted molar refractivity (Wildman–Crippen MR) is 128 cm³/mol. The summed E-state index contributed by atoms with van der Waals surface area (Å²) in [5.41, 5.74) is 2.86. The summed E-state index contributed by atoms with van der Waals surface area (Å²) in [7, 11) is 0. The Morgan fingerprint density at radius 1 is 1.23 bits per heavy atom. The van der Waals surface area contributed by atoms with Crippen molar-refractivity contribution in [2.45, 2.75) is 32.6 Å². The van der Waals surface area contributed by atoms with Crippen LogP contribution >= 0.6 is 0 Å². The van der Waals surface area contributed by atoms with Crippen LogP contribution in [0.2, 0.25) is 0 Å². The molecule has 8 nitrogen and oxygen atoms in total. The largest absolute Gasteiger partial charge is 0.472 e. The zero-order valence-corrected chi connectivity index (χ0v) is 19.4. The van der Waals surface area contributed by atoms with Crippen LogP contribution in [0.1, 0.15) is 37.0 Å². The summed E-state index contributed by atoms with van der Waals surface area (Å²) in [6, 6.07) is 12.9. The molecular weight excluding hydrogens is 449 g/mol. The van der Waals surface area contributed by atoms with Gasteiger partial charge < -0.3 is 24.9 Å². The molecule has 0 radical (unpaired) electrons. The Kier molecular flexibility index (Phi) is 5.49. The third-order valence-corrected chi connectivity index (χ3v) is 5.78. The Balaban J connectivity index is 1.46. The van der Waals surface area contributed by atoms with Gasteiger partial charge in [0.15, 0.2) is 12.0 Å². The Bertz CT molecular complexity index is 1460. The molecular formula is C26H24FN5O3. The number of aliphatic hydroxyl groups is 1. The lowest BCUT2D eigenvalue weighted by molar-refractivity contribution is -0.113. The van der Waals surface area contributed by atoms with E-state index in [9.17, 15) is 14.3 Å². The van der Waals surface area contributed by atoms with E-state index in [1.165, 1.54) is 18.5 Å². The summed E-state index contributed by atoms with van der Waals surface area (Å²) < 4.78 is 21.7. The molecule has 1 aliphatic rings. The van der Waals surface area contributed by atoms with E-state index in [0.717, 1.165) is 11.1 Å². The summed E-state index contributed by atoms with van der Waals surface area (Å²) in [4.78, 5) is 21.6. The van der Waals surface area contributed by atoms with Gasteiger partial charge in [0, 0.05) is 24.2 Å². The Morgan fingerprint density at radius 2 is 2.00 bits per heavy atom. The first-order valence-electron chi connectivity index (χ1n) is 11.1. The van der Waals surface area contributed by atoms with E-state index < -0.39 is 23.6 Å². The van der Waals surface area contributed by atoms with Crippen molar-refractivity contribution in [2.24, 2.45) is 0 Å². The van der Waals surface area contributed by atoms with Crippen molar-refractivity contribution in [3.8, 4) is 11.1 Å². The molecule has 178 valence electrons. The van der Waals surface area contributed by atoms with Gasteiger partial charge >= 0.3 is 0 Å². The van der Waals surface area contributed by atoms with E-state index in [4.69, 9.17) is 4.74 Å². The van der Waals surface area contributed by atoms with Crippen LogP contribution in [0.5, 0.6) is 0 Å². The van der Waals surface area contributed by atoms with E-state index in [1.807, 2.05) is 36.4 Å². The smallest absolute Gasteiger partial charge is 0.275 e. The van der Waals surface area contributed by atoms with Crippen molar-refractivity contribution < 1.29 is 19.0 Å². The lowest BCUT2D eigenvalue weighted by Gasteiger charge is -2.15. The molecule has 5 rings (SSSR count). The van der Waals surface area contributed by atoms with Crippen LogP contribution in [0.4, 0.5) is 10.1 Å². The maximum absolute atomic E-state index is 14.5. The molecule has 9 heteroatoms. The number of anilines is 1. The molecule has 0 saturated heterocycles. The van der Waals surface area contributed by atoms with Crippen molar-refractivity contribution in [1.29, 1.82) is 0 Å². The van der Waals surface area contributed by atoms with Gasteiger partial charge in [-0.1, -0.05) is 30.3 Å². The zero-order chi connectivity index (χ0) is 24.7. The topological polar surface area (TPSA) is 101 Å². The minimum Gasteiger partial charge on any atom is -0.472 e. The van der Waals surface area contributed by atoms with Crippen molar-refractivity contribution in [3.63, 3.8) is 0 Å². The Labute approximate surface area is 201 Å². The minimum atomic E-state index is -1.12. The number of hydrogen-bond acceptors (Lipinski definition) is 6. The van der Waals surface area contributed by atoms with E-state index in [-0.39, 0.29) is 17.0 Å². The standard InChI is InChI=1S/C26H24FN5O3/c1-15-23(27)17(9-10-28-15)25-30-20(14-35-25)24(33)29-19-12-32-13-21(26(2,3)34)31-22(32)11-18(19)16-7-5-4-6-8-16/h4-14,25,30,34H,1-3H3,(H,29,33). The summed E-state index contributed by atoms with van der Waals surface area (Å²) in [6.07, 6.45) is 5.40. The molecule has 0 saturated carbocycles. The molecule has 0 bridgehead atoms. The molecule has 0 fully saturated rings. The SMILES string of the molecule is Cc1nccc(C2NC(C(=O)Nc3cn4cc(C(C)(C)O)nc4cc3-c3ccccc3)=CO2)c1F. The van der Waals surface area contributed by atoms with Gasteiger partial charge in [-0.2, -0.15) is 0 Å². The highest BCUT2D eigenvalue weighted by Crippen LogP contribution is 2.32. The van der Waals surface area contributed by atoms with Gasteiger partial charge in [0.25, 0.3) is 5.91 Å². The lowest BCUT2D eigenvalue weighted by atomic mass is 10.1. The van der Waals surface area contributed by atoms with Gasteiger partial charge in [-0.25, -0.2) is 9.37 Å². The third-order valence-electron chi connectivity index (χ3n) is 5.78. The molecule has 3 N–H and O–H groups in total. The van der Waals surface area contributed by atoms with Crippen LogP contribution in [0.15, 0.2) is 73.0 Å². The number of nitrogens with one attached hydrogen (secondary N) is 2. The second-order valence-electron chi connectivity index (χ2n) is 8.86. The van der Waals surface area contributed by atoms with Gasteiger partial charge in [-0.15, -0.1) is 0 Å². The van der Waals surface area contributed by atoms with Crippen LogP contribution < -0.4 is 10.6 Å². The summed E-state index contributed by atoms with van der Waals surface area (Å²) in [5, 5.41) is 16.2. The fraction of sp³-hybridized carbons (Fsp3) is 0.192. The maximum atomic E-state index is 14.5. The number of carbonyl (C=O) groups is 1. The molecule has 4 heterocycles. The second kappa shape index (κ2) is 8.52. The molecule has 0 aliphatic carbocycles. The van der Waals surface area contributed by atoms with Crippen LogP contribution in [0, 0.1) is 12.7 Å². The number of amides is 1. The number of imidazole rings is 1. The van der Waals surface area contributed by atoms with Gasteiger partial charge in [-0.3, -0.25) is 9.78 Å². The maximum Gasteiger partial charge on any atom is 0.275 e. The molecule has 1 unspecified atom stereocenters. The molecule has 1 amide bonds. The molecule has 35 heavy (non-hydrogen) atoms. The molecule has 3 aromatic heterocycles. The van der Waals surface area contributed by atoms with Gasteiger partial charge in [0.1, 0.15) is 23.2 Å². The van der Waals surface area contributed by atoms with Gasteiger partial charge in [0.2, 0.25) is 0 Å². The lowest BCUT2D eigenvalue weighted by Crippen LogP contribution is -2.26. The average molecular weight is 474 g/mol. The minimum absolute atomic E-state index is 0.158. The van der Waals surface area contributed by atoms with Crippen LogP contribution in [-0.4, -0.2) is 25.4 Å². The molecule has 1 atom stereocenters. The highest BCUT2D eigenvalue weighted by molar-refractivity contribution is 6.05. The van der Waals surface area contributed by atoms with Crippen LogP contribution in [-0.2, 0) is 15.1 Å². The van der Waals surface area contributed by atoms with E-state index >= 15 is 0 Å². The van der Waals surface area contributed by atoms with Crippen LogP contribution in [0.3, 0.4) is 0 Å². The zero-order valence-electron chi connectivity index (χ0n) is 19.4. The van der Waals surface area contributed by atoms with Gasteiger partial charge in [0.05, 0.1) is 22.6 Å². The van der Waals surface area contributed by atoms with Crippen molar-refractivity contribution in [3.05, 3.63) is 95.8 Å². The highest BCUT2D eigenvalue weighted by Gasteiger charge is 2.27. The van der Waals surface area contributed by atoms with Gasteiger partial charge in [-0.05, 0) is 38.5 Å². The first-order chi connectivity index (χ1) is 16.7. The number of rotatable bonds is 5. The highest BCUT2D eigenvalue weighted by atomic mass is 19.1. The molecule has 4 aromatic rings. The van der Waals surface area contributed by atoms with Crippen molar-refractivity contribution in [1.82, 2.24) is 19.7 Å². The number of aryl methyl sites for hydroxylation is 1. The summed E-state index contributed by atoms with van der Waals surface area (Å²) in [6.45, 7) is 4.89. The fourth-order valence-electron chi connectivity index (χ4n) is 3.86. The number of benzene rings is 1. The normalized spacial score (nSPS) is 15.5. The number of fused-ring (bicyclic) bond motifs is 1. The van der Waals surface area contributed by atoms with E-state index in [0.29, 0.717) is 17.0 Å². The number of pyridine rings is 2. The predicted octanol–water partition coefficient (Wildman–Crippen LogP) is 4.17.